The number of aliphatic hydroxyl groups is 1. The minimum Gasteiger partial charge on any atom is -0.396 e. The van der Waals surface area contributed by atoms with Crippen LogP contribution in [0.2, 0.25) is 0 Å². The van der Waals surface area contributed by atoms with Gasteiger partial charge in [0, 0.05) is 30.3 Å². The SMILES string of the molecule is Cc1ncc(C(C)NCC2(CCO)CCCCC2)s1. The summed E-state index contributed by atoms with van der Waals surface area (Å²) in [5.41, 5.74) is 0.320. The number of rotatable bonds is 6. The van der Waals surface area contributed by atoms with Gasteiger partial charge in [-0.2, -0.15) is 0 Å². The quantitative estimate of drug-likeness (QED) is 0.840. The smallest absolute Gasteiger partial charge is 0.0897 e. The van der Waals surface area contributed by atoms with E-state index in [0.29, 0.717) is 18.1 Å². The van der Waals surface area contributed by atoms with Gasteiger partial charge in [0.15, 0.2) is 0 Å². The number of nitrogens with zero attached hydrogens (tertiary/aromatic N) is 1. The van der Waals surface area contributed by atoms with Crippen molar-refractivity contribution in [2.24, 2.45) is 5.41 Å². The molecule has 1 aliphatic rings. The zero-order chi connectivity index (χ0) is 13.7. The molecule has 0 saturated heterocycles. The van der Waals surface area contributed by atoms with Gasteiger partial charge in [0.05, 0.1) is 5.01 Å². The highest BCUT2D eigenvalue weighted by molar-refractivity contribution is 7.11. The second-order valence-corrected chi connectivity index (χ2v) is 7.18. The van der Waals surface area contributed by atoms with Crippen molar-refractivity contribution < 1.29 is 5.11 Å². The molecule has 0 bridgehead atoms. The molecular weight excluding hydrogens is 256 g/mol. The molecule has 108 valence electrons. The molecule has 1 aromatic rings. The van der Waals surface area contributed by atoms with Gasteiger partial charge in [-0.1, -0.05) is 19.3 Å². The summed E-state index contributed by atoms with van der Waals surface area (Å²) in [6.07, 6.45) is 9.43. The Balaban J connectivity index is 1.91. The van der Waals surface area contributed by atoms with Gasteiger partial charge in [-0.25, -0.2) is 4.98 Å². The molecule has 1 aliphatic carbocycles. The summed E-state index contributed by atoms with van der Waals surface area (Å²) in [7, 11) is 0. The summed E-state index contributed by atoms with van der Waals surface area (Å²) in [5, 5.41) is 14.1. The molecule has 2 rings (SSSR count). The maximum atomic E-state index is 9.33. The Morgan fingerprint density at radius 3 is 2.74 bits per heavy atom. The highest BCUT2D eigenvalue weighted by Gasteiger charge is 2.31. The number of hydrogen-bond acceptors (Lipinski definition) is 4. The lowest BCUT2D eigenvalue weighted by Crippen LogP contribution is -2.37. The largest absolute Gasteiger partial charge is 0.396 e. The van der Waals surface area contributed by atoms with Crippen molar-refractivity contribution in [1.29, 1.82) is 0 Å². The Morgan fingerprint density at radius 2 is 2.16 bits per heavy atom. The molecule has 0 amide bonds. The molecule has 19 heavy (non-hydrogen) atoms. The topological polar surface area (TPSA) is 45.2 Å². The molecule has 0 aliphatic heterocycles. The van der Waals surface area contributed by atoms with Crippen molar-refractivity contribution in [3.05, 3.63) is 16.1 Å². The summed E-state index contributed by atoms with van der Waals surface area (Å²) in [4.78, 5) is 5.64. The molecule has 4 heteroatoms. The molecule has 0 spiro atoms. The van der Waals surface area contributed by atoms with Crippen LogP contribution in [-0.2, 0) is 0 Å². The van der Waals surface area contributed by atoms with E-state index in [1.165, 1.54) is 37.0 Å². The van der Waals surface area contributed by atoms with Crippen molar-refractivity contribution >= 4 is 11.3 Å². The summed E-state index contributed by atoms with van der Waals surface area (Å²) < 4.78 is 0. The van der Waals surface area contributed by atoms with Gasteiger partial charge in [-0.3, -0.25) is 0 Å². The number of aryl methyl sites for hydroxylation is 1. The van der Waals surface area contributed by atoms with Crippen LogP contribution in [0.15, 0.2) is 6.20 Å². The van der Waals surface area contributed by atoms with Gasteiger partial charge < -0.3 is 10.4 Å². The second kappa shape index (κ2) is 6.82. The van der Waals surface area contributed by atoms with Crippen molar-refractivity contribution in [3.8, 4) is 0 Å². The van der Waals surface area contributed by atoms with Crippen LogP contribution in [0.25, 0.3) is 0 Å². The van der Waals surface area contributed by atoms with Gasteiger partial charge in [-0.05, 0) is 38.5 Å². The van der Waals surface area contributed by atoms with Gasteiger partial charge in [0.1, 0.15) is 0 Å². The molecule has 1 fully saturated rings. The Bertz CT molecular complexity index is 380. The van der Waals surface area contributed by atoms with E-state index in [1.54, 1.807) is 11.3 Å². The molecule has 1 unspecified atom stereocenters. The van der Waals surface area contributed by atoms with E-state index < -0.39 is 0 Å². The molecule has 1 saturated carbocycles. The van der Waals surface area contributed by atoms with E-state index >= 15 is 0 Å². The van der Waals surface area contributed by atoms with Crippen molar-refractivity contribution in [3.63, 3.8) is 0 Å². The van der Waals surface area contributed by atoms with Gasteiger partial charge >= 0.3 is 0 Å². The first-order valence-electron chi connectivity index (χ1n) is 7.42. The molecular formula is C15H26N2OS. The lowest BCUT2D eigenvalue weighted by molar-refractivity contribution is 0.123. The Kier molecular flexibility index (Phi) is 5.37. The molecule has 1 aromatic heterocycles. The number of aromatic nitrogens is 1. The predicted molar refractivity (Wildman–Crippen MR) is 80.5 cm³/mol. The highest BCUT2D eigenvalue weighted by Crippen LogP contribution is 2.39. The van der Waals surface area contributed by atoms with E-state index in [2.05, 4.69) is 24.1 Å². The summed E-state index contributed by atoms with van der Waals surface area (Å²) in [6, 6.07) is 0.365. The average Bonchev–Trinajstić information content (AvgIpc) is 2.84. The fourth-order valence-electron chi connectivity index (χ4n) is 3.10. The van der Waals surface area contributed by atoms with Crippen LogP contribution in [0.4, 0.5) is 0 Å². The van der Waals surface area contributed by atoms with E-state index in [0.717, 1.165) is 18.0 Å². The summed E-state index contributed by atoms with van der Waals surface area (Å²) in [5.74, 6) is 0. The van der Waals surface area contributed by atoms with Crippen LogP contribution in [0.3, 0.4) is 0 Å². The standard InChI is InChI=1S/C15H26N2OS/c1-12(14-10-16-13(2)19-14)17-11-15(8-9-18)6-4-3-5-7-15/h10,12,17-18H,3-9,11H2,1-2H3. The fraction of sp³-hybridized carbons (Fsp3) is 0.800. The lowest BCUT2D eigenvalue weighted by atomic mass is 9.72. The van der Waals surface area contributed by atoms with Crippen molar-refractivity contribution in [1.82, 2.24) is 10.3 Å². The van der Waals surface area contributed by atoms with E-state index in [4.69, 9.17) is 0 Å². The molecule has 1 heterocycles. The molecule has 0 aromatic carbocycles. The number of nitrogens with one attached hydrogen (secondary N) is 1. The maximum Gasteiger partial charge on any atom is 0.0897 e. The van der Waals surface area contributed by atoms with Crippen LogP contribution >= 0.6 is 11.3 Å². The monoisotopic (exact) mass is 282 g/mol. The molecule has 3 nitrogen and oxygen atoms in total. The predicted octanol–water partition coefficient (Wildman–Crippen LogP) is 3.44. The first-order valence-corrected chi connectivity index (χ1v) is 8.23. The van der Waals surface area contributed by atoms with E-state index in [9.17, 15) is 5.11 Å². The van der Waals surface area contributed by atoms with Crippen LogP contribution in [-0.4, -0.2) is 23.2 Å². The average molecular weight is 282 g/mol. The number of thiazole rings is 1. The number of hydrogen-bond donors (Lipinski definition) is 2. The van der Waals surface area contributed by atoms with Crippen molar-refractivity contribution in [2.45, 2.75) is 58.4 Å². The van der Waals surface area contributed by atoms with Gasteiger partial charge in [-0.15, -0.1) is 11.3 Å². The minimum atomic E-state index is 0.315. The van der Waals surface area contributed by atoms with E-state index in [1.807, 2.05) is 6.20 Å². The maximum absolute atomic E-state index is 9.33. The first-order chi connectivity index (χ1) is 9.15. The van der Waals surface area contributed by atoms with Crippen LogP contribution in [0.5, 0.6) is 0 Å². The molecule has 1 atom stereocenters. The summed E-state index contributed by atoms with van der Waals surface area (Å²) in [6.45, 7) is 5.60. The Hall–Kier alpha value is -0.450. The zero-order valence-electron chi connectivity index (χ0n) is 12.1. The number of aliphatic hydroxyl groups excluding tert-OH is 1. The third-order valence-electron chi connectivity index (χ3n) is 4.41. The van der Waals surface area contributed by atoms with Crippen LogP contribution < -0.4 is 5.32 Å². The highest BCUT2D eigenvalue weighted by atomic mass is 32.1. The Labute approximate surface area is 120 Å². The normalized spacial score (nSPS) is 20.4. The van der Waals surface area contributed by atoms with Gasteiger partial charge in [0.25, 0.3) is 0 Å². The lowest BCUT2D eigenvalue weighted by Gasteiger charge is -2.38. The fourth-order valence-corrected chi connectivity index (χ4v) is 3.91. The van der Waals surface area contributed by atoms with E-state index in [-0.39, 0.29) is 0 Å². The molecule has 2 N–H and O–H groups in total. The van der Waals surface area contributed by atoms with Crippen LogP contribution in [0.1, 0.15) is 61.4 Å². The summed E-state index contributed by atoms with van der Waals surface area (Å²) >= 11 is 1.77. The van der Waals surface area contributed by atoms with Crippen molar-refractivity contribution in [2.75, 3.05) is 13.2 Å². The first kappa shape index (κ1) is 14.9. The third-order valence-corrected chi connectivity index (χ3v) is 5.50. The van der Waals surface area contributed by atoms with Crippen LogP contribution in [0, 0.1) is 12.3 Å². The minimum absolute atomic E-state index is 0.315. The third kappa shape index (κ3) is 4.01. The van der Waals surface area contributed by atoms with Gasteiger partial charge in [0.2, 0.25) is 0 Å². The molecule has 0 radical (unpaired) electrons. The Morgan fingerprint density at radius 1 is 1.42 bits per heavy atom. The second-order valence-electron chi connectivity index (χ2n) is 5.92. The zero-order valence-corrected chi connectivity index (χ0v) is 12.9.